The van der Waals surface area contributed by atoms with Gasteiger partial charge in [-0.3, -0.25) is 4.79 Å². The fourth-order valence-corrected chi connectivity index (χ4v) is 2.54. The molecule has 3 rings (SSSR count). The van der Waals surface area contributed by atoms with E-state index < -0.39 is 0 Å². The summed E-state index contributed by atoms with van der Waals surface area (Å²) in [6.45, 7) is 3.02. The summed E-state index contributed by atoms with van der Waals surface area (Å²) in [4.78, 5) is 12.3. The molecule has 1 aromatic carbocycles. The average Bonchev–Trinajstić information content (AvgIpc) is 2.84. The second-order valence-corrected chi connectivity index (χ2v) is 5.44. The Morgan fingerprint density at radius 2 is 2.26 bits per heavy atom. The van der Waals surface area contributed by atoms with E-state index in [4.69, 9.17) is 9.47 Å². The number of aromatic nitrogens is 2. The number of para-hydroxylation sites is 1. The molecular formula is C16H19N3O4. The average molecular weight is 317 g/mol. The van der Waals surface area contributed by atoms with Crippen molar-refractivity contribution in [2.75, 3.05) is 19.8 Å². The zero-order valence-corrected chi connectivity index (χ0v) is 12.9. The van der Waals surface area contributed by atoms with E-state index in [0.717, 1.165) is 11.3 Å². The van der Waals surface area contributed by atoms with Gasteiger partial charge >= 0.3 is 0 Å². The lowest BCUT2D eigenvalue weighted by Gasteiger charge is -2.13. The van der Waals surface area contributed by atoms with E-state index in [9.17, 15) is 4.79 Å². The normalized spacial score (nSPS) is 16.8. The van der Waals surface area contributed by atoms with Crippen molar-refractivity contribution in [2.24, 2.45) is 5.92 Å². The van der Waals surface area contributed by atoms with E-state index in [1.165, 1.54) is 0 Å². The van der Waals surface area contributed by atoms with Crippen LogP contribution in [0, 0.1) is 12.8 Å². The maximum atomic E-state index is 12.3. The Morgan fingerprint density at radius 1 is 1.39 bits per heavy atom. The van der Waals surface area contributed by atoms with E-state index in [1.54, 1.807) is 6.92 Å². The summed E-state index contributed by atoms with van der Waals surface area (Å²) in [5, 5.41) is 10.1. The summed E-state index contributed by atoms with van der Waals surface area (Å²) < 4.78 is 15.6. The van der Waals surface area contributed by atoms with Gasteiger partial charge in [-0.15, -0.1) is 0 Å². The van der Waals surface area contributed by atoms with Crippen molar-refractivity contribution < 1.29 is 18.9 Å². The summed E-state index contributed by atoms with van der Waals surface area (Å²) in [7, 11) is 0. The molecule has 23 heavy (non-hydrogen) atoms. The Labute approximate surface area is 133 Å². The minimum absolute atomic E-state index is 0.0175. The lowest BCUT2D eigenvalue weighted by molar-refractivity contribution is -0.125. The topological polar surface area (TPSA) is 86.5 Å². The van der Waals surface area contributed by atoms with Crippen LogP contribution in [0.25, 0.3) is 0 Å². The molecule has 1 unspecified atom stereocenters. The Hall–Kier alpha value is -2.57. The first-order chi connectivity index (χ1) is 11.2. The molecule has 1 aliphatic heterocycles. The Bertz CT molecular complexity index is 671. The molecule has 1 aromatic heterocycles. The minimum Gasteiger partial charge on any atom is -0.493 e. The van der Waals surface area contributed by atoms with Gasteiger partial charge in [0.05, 0.1) is 13.2 Å². The number of aryl methyl sites for hydroxylation is 1. The molecule has 1 atom stereocenters. The van der Waals surface area contributed by atoms with Crippen LogP contribution in [0.15, 0.2) is 28.9 Å². The molecule has 2 heterocycles. The number of benzene rings is 1. The van der Waals surface area contributed by atoms with Gasteiger partial charge in [-0.2, -0.15) is 0 Å². The highest BCUT2D eigenvalue weighted by atomic mass is 16.6. The van der Waals surface area contributed by atoms with Gasteiger partial charge in [0, 0.05) is 5.92 Å². The summed E-state index contributed by atoms with van der Waals surface area (Å²) in [6, 6.07) is 7.85. The minimum atomic E-state index is -0.0888. The number of nitrogens with one attached hydrogen (secondary N) is 1. The predicted molar refractivity (Wildman–Crippen MR) is 81.3 cm³/mol. The van der Waals surface area contributed by atoms with Gasteiger partial charge in [-0.25, -0.2) is 4.63 Å². The Balaban J connectivity index is 1.48. The third kappa shape index (κ3) is 3.80. The molecule has 2 aromatic rings. The maximum Gasteiger partial charge on any atom is 0.278 e. The summed E-state index contributed by atoms with van der Waals surface area (Å²) in [6.07, 6.45) is 1.39. The number of carbonyl (C=O) groups is 1. The summed E-state index contributed by atoms with van der Waals surface area (Å²) in [5.41, 5.74) is 1.67. The lowest BCUT2D eigenvalue weighted by Crippen LogP contribution is -2.35. The molecule has 1 amide bonds. The molecule has 0 bridgehead atoms. The molecule has 0 radical (unpaired) electrons. The van der Waals surface area contributed by atoms with Crippen LogP contribution in [-0.2, 0) is 11.2 Å². The zero-order valence-electron chi connectivity index (χ0n) is 12.9. The lowest BCUT2D eigenvalue weighted by atomic mass is 9.96. The first-order valence-electron chi connectivity index (χ1n) is 7.64. The smallest absolute Gasteiger partial charge is 0.278 e. The monoisotopic (exact) mass is 317 g/mol. The number of fused-ring (bicyclic) bond motifs is 1. The number of rotatable bonds is 5. The van der Waals surface area contributed by atoms with E-state index in [0.29, 0.717) is 44.2 Å². The van der Waals surface area contributed by atoms with Crippen molar-refractivity contribution in [3.8, 4) is 11.6 Å². The molecule has 122 valence electrons. The van der Waals surface area contributed by atoms with Gasteiger partial charge < -0.3 is 14.8 Å². The number of hydrogen-bond donors (Lipinski definition) is 1. The largest absolute Gasteiger partial charge is 0.493 e. The van der Waals surface area contributed by atoms with E-state index in [2.05, 4.69) is 20.3 Å². The van der Waals surface area contributed by atoms with Crippen molar-refractivity contribution in [1.29, 1.82) is 0 Å². The third-order valence-electron chi connectivity index (χ3n) is 3.78. The van der Waals surface area contributed by atoms with Crippen LogP contribution in [0.3, 0.4) is 0 Å². The predicted octanol–water partition coefficient (Wildman–Crippen LogP) is 1.51. The Kier molecular flexibility index (Phi) is 4.75. The zero-order chi connectivity index (χ0) is 16.1. The van der Waals surface area contributed by atoms with Gasteiger partial charge in [0.2, 0.25) is 5.91 Å². The van der Waals surface area contributed by atoms with E-state index in [1.807, 2.05) is 24.3 Å². The van der Waals surface area contributed by atoms with Gasteiger partial charge in [-0.05, 0) is 36.6 Å². The van der Waals surface area contributed by atoms with Crippen molar-refractivity contribution in [3.63, 3.8) is 0 Å². The first kappa shape index (κ1) is 15.3. The first-order valence-corrected chi connectivity index (χ1v) is 7.64. The van der Waals surface area contributed by atoms with Crippen molar-refractivity contribution in [1.82, 2.24) is 15.6 Å². The highest BCUT2D eigenvalue weighted by Crippen LogP contribution is 2.26. The number of ether oxygens (including phenoxy) is 2. The summed E-state index contributed by atoms with van der Waals surface area (Å²) in [5.74, 6) is 1.16. The quantitative estimate of drug-likeness (QED) is 0.841. The van der Waals surface area contributed by atoms with Crippen molar-refractivity contribution in [2.45, 2.75) is 19.8 Å². The van der Waals surface area contributed by atoms with Crippen LogP contribution in [0.5, 0.6) is 11.6 Å². The van der Waals surface area contributed by atoms with Gasteiger partial charge in [0.1, 0.15) is 18.1 Å². The van der Waals surface area contributed by atoms with Gasteiger partial charge in [0.15, 0.2) is 0 Å². The fraction of sp³-hybridized carbons (Fsp3) is 0.438. The fourth-order valence-electron chi connectivity index (χ4n) is 2.54. The molecule has 0 aliphatic carbocycles. The van der Waals surface area contributed by atoms with Crippen LogP contribution in [0.1, 0.15) is 17.7 Å². The highest BCUT2D eigenvalue weighted by molar-refractivity contribution is 5.79. The second kappa shape index (κ2) is 7.13. The van der Waals surface area contributed by atoms with E-state index in [-0.39, 0.29) is 11.8 Å². The van der Waals surface area contributed by atoms with Crippen LogP contribution in [-0.4, -0.2) is 36.0 Å². The molecule has 0 saturated heterocycles. The van der Waals surface area contributed by atoms with Gasteiger partial charge in [0.25, 0.3) is 5.88 Å². The SMILES string of the molecule is Cc1nonc1OCCNC(=O)C1CCOc2ccccc2C1. The van der Waals surface area contributed by atoms with Crippen molar-refractivity contribution >= 4 is 5.91 Å². The van der Waals surface area contributed by atoms with Crippen LogP contribution in [0.2, 0.25) is 0 Å². The molecule has 0 spiro atoms. The number of amides is 1. The van der Waals surface area contributed by atoms with E-state index >= 15 is 0 Å². The molecule has 7 nitrogen and oxygen atoms in total. The molecular weight excluding hydrogens is 298 g/mol. The molecule has 0 saturated carbocycles. The molecule has 0 fully saturated rings. The highest BCUT2D eigenvalue weighted by Gasteiger charge is 2.23. The second-order valence-electron chi connectivity index (χ2n) is 5.44. The number of nitrogens with zero attached hydrogens (tertiary/aromatic N) is 2. The van der Waals surface area contributed by atoms with Crippen LogP contribution >= 0.6 is 0 Å². The molecule has 1 aliphatic rings. The van der Waals surface area contributed by atoms with Crippen LogP contribution < -0.4 is 14.8 Å². The number of carbonyl (C=O) groups excluding carboxylic acids is 1. The maximum absolute atomic E-state index is 12.3. The molecule has 1 N–H and O–H groups in total. The standard InChI is InChI=1S/C16H19N3O4/c1-11-16(19-23-18-11)22-9-7-17-15(20)13-6-8-21-14-5-3-2-4-12(14)10-13/h2-5,13H,6-10H2,1H3,(H,17,20). The van der Waals surface area contributed by atoms with Gasteiger partial charge in [-0.1, -0.05) is 23.4 Å². The third-order valence-corrected chi connectivity index (χ3v) is 3.78. The van der Waals surface area contributed by atoms with Crippen molar-refractivity contribution in [3.05, 3.63) is 35.5 Å². The Morgan fingerprint density at radius 3 is 3.09 bits per heavy atom. The summed E-state index contributed by atoms with van der Waals surface area (Å²) >= 11 is 0. The van der Waals surface area contributed by atoms with Crippen LogP contribution in [0.4, 0.5) is 0 Å². The molecule has 7 heteroatoms. The number of hydrogen-bond acceptors (Lipinski definition) is 6.